The molecule has 0 saturated heterocycles. The highest BCUT2D eigenvalue weighted by Gasteiger charge is 2.15. The van der Waals surface area contributed by atoms with Gasteiger partial charge in [-0.15, -0.1) is 0 Å². The van der Waals surface area contributed by atoms with E-state index in [1.807, 2.05) is 5.32 Å². The molecule has 0 fully saturated rings. The van der Waals surface area contributed by atoms with Crippen LogP contribution in [0.1, 0.15) is 20.7 Å². The molecular weight excluding hydrogens is 287 g/mol. The normalized spacial score (nSPS) is 10.2. The Labute approximate surface area is 116 Å². The minimum atomic E-state index is -1.25. The van der Waals surface area contributed by atoms with E-state index in [1.54, 1.807) is 0 Å². The fourth-order valence-corrected chi connectivity index (χ4v) is 1.61. The maximum atomic E-state index is 13.4. The third kappa shape index (κ3) is 3.19. The van der Waals surface area contributed by atoms with E-state index in [9.17, 15) is 22.8 Å². The highest BCUT2D eigenvalue weighted by molar-refractivity contribution is 6.04. The van der Waals surface area contributed by atoms with Crippen LogP contribution in [-0.4, -0.2) is 17.0 Å². The molecule has 21 heavy (non-hydrogen) atoms. The average Bonchev–Trinajstić information content (AvgIpc) is 2.42. The van der Waals surface area contributed by atoms with Crippen molar-refractivity contribution in [1.82, 2.24) is 0 Å². The fourth-order valence-electron chi connectivity index (χ4n) is 1.61. The van der Waals surface area contributed by atoms with Crippen molar-refractivity contribution >= 4 is 17.6 Å². The van der Waals surface area contributed by atoms with Crippen molar-refractivity contribution in [2.75, 3.05) is 5.32 Å². The van der Waals surface area contributed by atoms with Gasteiger partial charge < -0.3 is 10.4 Å². The summed E-state index contributed by atoms with van der Waals surface area (Å²) < 4.78 is 39.5. The standard InChI is InChI=1S/C14H8F3NO3/c15-9-5-10(16)12(11(17)6-9)18-13(19)7-1-3-8(4-2-7)14(20)21/h1-6H,(H,18,19)(H,20,21). The lowest BCUT2D eigenvalue weighted by molar-refractivity contribution is 0.0696. The summed E-state index contributed by atoms with van der Waals surface area (Å²) in [4.78, 5) is 22.5. The molecule has 2 aromatic rings. The van der Waals surface area contributed by atoms with Crippen LogP contribution in [0.5, 0.6) is 0 Å². The first kappa shape index (κ1) is 14.6. The van der Waals surface area contributed by atoms with Gasteiger partial charge in [0.15, 0.2) is 11.6 Å². The summed E-state index contributed by atoms with van der Waals surface area (Å²) in [7, 11) is 0. The molecule has 108 valence electrons. The summed E-state index contributed by atoms with van der Waals surface area (Å²) in [6.07, 6.45) is 0. The molecule has 7 heteroatoms. The lowest BCUT2D eigenvalue weighted by atomic mass is 10.1. The van der Waals surface area contributed by atoms with Crippen molar-refractivity contribution in [2.45, 2.75) is 0 Å². The molecule has 0 bridgehead atoms. The quantitative estimate of drug-likeness (QED) is 0.914. The molecule has 0 aliphatic rings. The van der Waals surface area contributed by atoms with Gasteiger partial charge in [0.1, 0.15) is 11.5 Å². The van der Waals surface area contributed by atoms with Crippen LogP contribution >= 0.6 is 0 Å². The van der Waals surface area contributed by atoms with Crippen LogP contribution < -0.4 is 5.32 Å². The predicted molar refractivity (Wildman–Crippen MR) is 67.7 cm³/mol. The SMILES string of the molecule is O=C(O)c1ccc(C(=O)Nc2c(F)cc(F)cc2F)cc1. The number of halogens is 3. The molecule has 4 nitrogen and oxygen atoms in total. The molecule has 0 aliphatic heterocycles. The highest BCUT2D eigenvalue weighted by Crippen LogP contribution is 2.21. The van der Waals surface area contributed by atoms with Gasteiger partial charge in [-0.1, -0.05) is 0 Å². The van der Waals surface area contributed by atoms with E-state index in [4.69, 9.17) is 5.11 Å². The predicted octanol–water partition coefficient (Wildman–Crippen LogP) is 3.05. The second kappa shape index (κ2) is 5.66. The first-order valence-electron chi connectivity index (χ1n) is 5.67. The number of carbonyl (C=O) groups is 2. The molecule has 0 aromatic heterocycles. The summed E-state index contributed by atoms with van der Waals surface area (Å²) in [5.41, 5.74) is -0.808. The minimum Gasteiger partial charge on any atom is -0.478 e. The monoisotopic (exact) mass is 295 g/mol. The van der Waals surface area contributed by atoms with Crippen molar-refractivity contribution in [1.29, 1.82) is 0 Å². The number of amides is 1. The summed E-state index contributed by atoms with van der Waals surface area (Å²) in [5, 5.41) is 10.7. The van der Waals surface area contributed by atoms with Crippen LogP contribution in [0, 0.1) is 17.5 Å². The molecule has 0 heterocycles. The Morgan fingerprint density at radius 3 is 1.86 bits per heavy atom. The van der Waals surface area contributed by atoms with Gasteiger partial charge in [-0.2, -0.15) is 0 Å². The number of nitrogens with one attached hydrogen (secondary N) is 1. The van der Waals surface area contributed by atoms with Gasteiger partial charge in [0.25, 0.3) is 5.91 Å². The van der Waals surface area contributed by atoms with Crippen molar-refractivity contribution in [2.24, 2.45) is 0 Å². The number of benzene rings is 2. The molecule has 0 radical (unpaired) electrons. The first-order valence-corrected chi connectivity index (χ1v) is 5.67. The molecule has 0 aliphatic carbocycles. The van der Waals surface area contributed by atoms with Gasteiger partial charge in [-0.25, -0.2) is 18.0 Å². The van der Waals surface area contributed by atoms with Gasteiger partial charge >= 0.3 is 5.97 Å². The largest absolute Gasteiger partial charge is 0.478 e. The number of carbonyl (C=O) groups excluding carboxylic acids is 1. The van der Waals surface area contributed by atoms with E-state index in [0.29, 0.717) is 12.1 Å². The lowest BCUT2D eigenvalue weighted by Gasteiger charge is -2.08. The Morgan fingerprint density at radius 2 is 1.38 bits per heavy atom. The number of hydrogen-bond donors (Lipinski definition) is 2. The maximum absolute atomic E-state index is 13.4. The number of aromatic carboxylic acids is 1. The topological polar surface area (TPSA) is 66.4 Å². The molecule has 0 spiro atoms. The van der Waals surface area contributed by atoms with Gasteiger partial charge in [0.05, 0.1) is 5.56 Å². The van der Waals surface area contributed by atoms with Gasteiger partial charge in [-0.3, -0.25) is 4.79 Å². The van der Waals surface area contributed by atoms with E-state index in [-0.39, 0.29) is 11.1 Å². The smallest absolute Gasteiger partial charge is 0.335 e. The summed E-state index contributed by atoms with van der Waals surface area (Å²) >= 11 is 0. The lowest BCUT2D eigenvalue weighted by Crippen LogP contribution is -2.14. The van der Waals surface area contributed by atoms with Crippen molar-refractivity contribution in [3.05, 3.63) is 65.0 Å². The second-order valence-electron chi connectivity index (χ2n) is 4.08. The van der Waals surface area contributed by atoms with Crippen molar-refractivity contribution in [3.8, 4) is 0 Å². The van der Waals surface area contributed by atoms with E-state index in [2.05, 4.69) is 0 Å². The summed E-state index contributed by atoms with van der Waals surface area (Å²) in [6, 6.07) is 5.61. The van der Waals surface area contributed by atoms with Crippen molar-refractivity contribution < 1.29 is 27.9 Å². The molecule has 2 N–H and O–H groups in total. The number of rotatable bonds is 3. The van der Waals surface area contributed by atoms with E-state index in [1.165, 1.54) is 24.3 Å². The third-order valence-corrected chi connectivity index (χ3v) is 2.64. The molecular formula is C14H8F3NO3. The average molecular weight is 295 g/mol. The van der Waals surface area contributed by atoms with Gasteiger partial charge in [0, 0.05) is 17.7 Å². The third-order valence-electron chi connectivity index (χ3n) is 2.64. The van der Waals surface area contributed by atoms with Gasteiger partial charge in [0.2, 0.25) is 0 Å². The maximum Gasteiger partial charge on any atom is 0.335 e. The number of carboxylic acids is 1. The highest BCUT2D eigenvalue weighted by atomic mass is 19.1. The fraction of sp³-hybridized carbons (Fsp3) is 0. The zero-order valence-corrected chi connectivity index (χ0v) is 10.4. The molecule has 1 amide bonds. The number of carboxylic acid groups (broad SMARTS) is 1. The molecule has 2 aromatic carbocycles. The molecule has 2 rings (SSSR count). The van der Waals surface area contributed by atoms with Crippen LogP contribution in [0.3, 0.4) is 0 Å². The zero-order chi connectivity index (χ0) is 15.6. The first-order chi connectivity index (χ1) is 9.88. The van der Waals surface area contributed by atoms with Crippen LogP contribution in [0.15, 0.2) is 36.4 Å². The van der Waals surface area contributed by atoms with Crippen LogP contribution in [0.4, 0.5) is 18.9 Å². The Kier molecular flexibility index (Phi) is 3.93. The molecule has 0 unspecified atom stereocenters. The molecule has 0 atom stereocenters. The summed E-state index contributed by atoms with van der Waals surface area (Å²) in [5.74, 6) is -5.62. The Morgan fingerprint density at radius 1 is 0.905 bits per heavy atom. The molecule has 0 saturated carbocycles. The van der Waals surface area contributed by atoms with E-state index < -0.39 is 35.0 Å². The zero-order valence-electron chi connectivity index (χ0n) is 10.4. The number of hydrogen-bond acceptors (Lipinski definition) is 2. The second-order valence-corrected chi connectivity index (χ2v) is 4.08. The van der Waals surface area contributed by atoms with Crippen LogP contribution in [0.25, 0.3) is 0 Å². The van der Waals surface area contributed by atoms with Crippen LogP contribution in [0.2, 0.25) is 0 Å². The minimum absolute atomic E-state index is 0.00289. The van der Waals surface area contributed by atoms with E-state index in [0.717, 1.165) is 0 Å². The van der Waals surface area contributed by atoms with Crippen molar-refractivity contribution in [3.63, 3.8) is 0 Å². The Balaban J connectivity index is 2.24. The summed E-state index contributed by atoms with van der Waals surface area (Å²) in [6.45, 7) is 0. The van der Waals surface area contributed by atoms with Gasteiger partial charge in [-0.05, 0) is 24.3 Å². The Hall–Kier alpha value is -2.83. The van der Waals surface area contributed by atoms with Crippen LogP contribution in [-0.2, 0) is 0 Å². The van der Waals surface area contributed by atoms with E-state index >= 15 is 0 Å². The number of anilines is 1. The Bertz CT molecular complexity index is 691.